The number of thiophene rings is 1. The van der Waals surface area contributed by atoms with Gasteiger partial charge in [0.25, 0.3) is 0 Å². The number of nitrogens with one attached hydrogen (secondary N) is 1. The first-order valence-electron chi connectivity index (χ1n) is 12.5. The summed E-state index contributed by atoms with van der Waals surface area (Å²) >= 11 is 5.51. The van der Waals surface area contributed by atoms with Crippen molar-refractivity contribution in [2.24, 2.45) is 5.41 Å². The number of fused-ring (bicyclic) bond motifs is 1. The van der Waals surface area contributed by atoms with E-state index in [0.717, 1.165) is 55.4 Å². The van der Waals surface area contributed by atoms with Crippen LogP contribution >= 0.6 is 27.3 Å². The van der Waals surface area contributed by atoms with Crippen molar-refractivity contribution in [2.75, 3.05) is 6.54 Å². The average Bonchev–Trinajstić information content (AvgIpc) is 3.66. The molecule has 0 saturated heterocycles. The lowest BCUT2D eigenvalue weighted by molar-refractivity contribution is -0.151. The number of halogens is 1. The second kappa shape index (κ2) is 10.7. The highest BCUT2D eigenvalue weighted by atomic mass is 79.9. The standard InChI is InChI=1S/C27H28BrN5O3S/c1-2-5-22(34)33(16-27(26(35)36)12-3-4-13-27)15-17-6-11-21-20(14-17)23(28)24(37-21)18-7-9-19(10-8-18)25-29-31-32-30-25/h6-11,14H,2-5,12-13,15-16H2,1H3,(H,35,36)(H,29,30,31,32). The maximum absolute atomic E-state index is 13.0. The average molecular weight is 583 g/mol. The van der Waals surface area contributed by atoms with Gasteiger partial charge in [-0.1, -0.05) is 50.1 Å². The monoisotopic (exact) mass is 581 g/mol. The largest absolute Gasteiger partial charge is 0.481 e. The molecule has 0 unspecified atom stereocenters. The highest BCUT2D eigenvalue weighted by Crippen LogP contribution is 2.43. The summed E-state index contributed by atoms with van der Waals surface area (Å²) in [6, 6.07) is 14.3. The minimum absolute atomic E-state index is 0.0156. The van der Waals surface area contributed by atoms with Gasteiger partial charge in [-0.25, -0.2) is 0 Å². The van der Waals surface area contributed by atoms with Crippen molar-refractivity contribution in [3.8, 4) is 21.8 Å². The third kappa shape index (κ3) is 5.17. The fraction of sp³-hybridized carbons (Fsp3) is 0.370. The fourth-order valence-electron chi connectivity index (χ4n) is 5.13. The summed E-state index contributed by atoms with van der Waals surface area (Å²) in [4.78, 5) is 28.1. The molecular weight excluding hydrogens is 554 g/mol. The summed E-state index contributed by atoms with van der Waals surface area (Å²) < 4.78 is 2.14. The molecule has 4 aromatic rings. The minimum atomic E-state index is -0.836. The number of benzene rings is 2. The first kappa shape index (κ1) is 25.5. The quantitative estimate of drug-likeness (QED) is 0.240. The number of carbonyl (C=O) groups excluding carboxylic acids is 1. The number of nitrogens with zero attached hydrogens (tertiary/aromatic N) is 4. The SMILES string of the molecule is CCCC(=O)N(Cc1ccc2sc(-c3ccc(-c4nn[nH]n4)cc3)c(Br)c2c1)CC1(C(=O)O)CCCC1. The molecule has 2 aromatic heterocycles. The normalized spacial score (nSPS) is 14.8. The zero-order chi connectivity index (χ0) is 26.0. The lowest BCUT2D eigenvalue weighted by atomic mass is 9.85. The summed E-state index contributed by atoms with van der Waals surface area (Å²) in [6.45, 7) is 2.65. The summed E-state index contributed by atoms with van der Waals surface area (Å²) in [7, 11) is 0. The van der Waals surface area contributed by atoms with E-state index < -0.39 is 11.4 Å². The Morgan fingerprint density at radius 1 is 1.14 bits per heavy atom. The van der Waals surface area contributed by atoms with Crippen LogP contribution in [-0.4, -0.2) is 49.1 Å². The topological polar surface area (TPSA) is 112 Å². The van der Waals surface area contributed by atoms with Crippen molar-refractivity contribution in [1.29, 1.82) is 0 Å². The molecule has 1 saturated carbocycles. The Kier molecular flexibility index (Phi) is 7.39. The predicted molar refractivity (Wildman–Crippen MR) is 147 cm³/mol. The Morgan fingerprint density at radius 2 is 1.86 bits per heavy atom. The molecule has 8 nitrogen and oxygen atoms in total. The van der Waals surface area contributed by atoms with Crippen LogP contribution in [0.2, 0.25) is 0 Å². The summed E-state index contributed by atoms with van der Waals surface area (Å²) in [6.07, 6.45) is 4.21. The van der Waals surface area contributed by atoms with Crippen LogP contribution in [0.3, 0.4) is 0 Å². The van der Waals surface area contributed by atoms with Gasteiger partial charge in [0.15, 0.2) is 0 Å². The van der Waals surface area contributed by atoms with Gasteiger partial charge in [0.2, 0.25) is 11.7 Å². The number of aromatic amines is 1. The zero-order valence-corrected chi connectivity index (χ0v) is 22.9. The van der Waals surface area contributed by atoms with E-state index in [1.165, 1.54) is 0 Å². The number of tetrazole rings is 1. The molecule has 1 aliphatic carbocycles. The van der Waals surface area contributed by atoms with Crippen molar-refractivity contribution in [3.05, 3.63) is 52.5 Å². The number of rotatable bonds is 9. The van der Waals surface area contributed by atoms with Crippen LogP contribution in [0, 0.1) is 5.41 Å². The molecular formula is C27H28BrN5O3S. The number of carbonyl (C=O) groups is 2. The lowest BCUT2D eigenvalue weighted by Crippen LogP contribution is -2.43. The van der Waals surface area contributed by atoms with E-state index in [-0.39, 0.29) is 12.5 Å². The Labute approximate surface area is 227 Å². The molecule has 2 heterocycles. The maximum Gasteiger partial charge on any atom is 0.311 e. The van der Waals surface area contributed by atoms with Crippen molar-refractivity contribution in [1.82, 2.24) is 25.5 Å². The van der Waals surface area contributed by atoms with Crippen molar-refractivity contribution >= 4 is 49.2 Å². The Balaban J connectivity index is 1.42. The predicted octanol–water partition coefficient (Wildman–Crippen LogP) is 6.28. The summed E-state index contributed by atoms with van der Waals surface area (Å²) in [5.41, 5.74) is 2.12. The molecule has 0 spiro atoms. The number of carboxylic acids is 1. The minimum Gasteiger partial charge on any atom is -0.481 e. The Bertz CT molecular complexity index is 1410. The summed E-state index contributed by atoms with van der Waals surface area (Å²) in [5, 5.41) is 25.2. The van der Waals surface area contributed by atoms with Crippen LogP contribution in [-0.2, 0) is 16.1 Å². The number of aliphatic carboxylic acids is 1. The van der Waals surface area contributed by atoms with Crippen LogP contribution in [0.4, 0.5) is 0 Å². The van der Waals surface area contributed by atoms with E-state index in [2.05, 4.69) is 48.7 Å². The number of H-pyrrole nitrogens is 1. The van der Waals surface area contributed by atoms with Gasteiger partial charge in [0.1, 0.15) is 0 Å². The van der Waals surface area contributed by atoms with Crippen LogP contribution in [0.25, 0.3) is 31.9 Å². The smallest absolute Gasteiger partial charge is 0.311 e. The van der Waals surface area contributed by atoms with Gasteiger partial charge in [-0.05, 0) is 63.7 Å². The van der Waals surface area contributed by atoms with E-state index in [1.807, 2.05) is 37.3 Å². The first-order valence-corrected chi connectivity index (χ1v) is 14.1. The molecule has 5 rings (SSSR count). The molecule has 0 atom stereocenters. The maximum atomic E-state index is 13.0. The molecule has 1 aliphatic rings. The van der Waals surface area contributed by atoms with Crippen molar-refractivity contribution < 1.29 is 14.7 Å². The van der Waals surface area contributed by atoms with Gasteiger partial charge >= 0.3 is 5.97 Å². The van der Waals surface area contributed by atoms with Gasteiger partial charge < -0.3 is 10.0 Å². The number of hydrogen-bond acceptors (Lipinski definition) is 6. The van der Waals surface area contributed by atoms with Crippen LogP contribution in [0.1, 0.15) is 51.0 Å². The molecule has 0 bridgehead atoms. The molecule has 10 heteroatoms. The molecule has 192 valence electrons. The van der Waals surface area contributed by atoms with E-state index in [9.17, 15) is 14.7 Å². The van der Waals surface area contributed by atoms with E-state index >= 15 is 0 Å². The molecule has 1 amide bonds. The second-order valence-electron chi connectivity index (χ2n) is 9.68. The Morgan fingerprint density at radius 3 is 2.51 bits per heavy atom. The third-order valence-corrected chi connectivity index (χ3v) is 9.45. The third-order valence-electron chi connectivity index (χ3n) is 7.14. The number of aromatic nitrogens is 4. The zero-order valence-electron chi connectivity index (χ0n) is 20.5. The number of hydrogen-bond donors (Lipinski definition) is 2. The second-order valence-corrected chi connectivity index (χ2v) is 11.5. The van der Waals surface area contributed by atoms with Crippen LogP contribution < -0.4 is 0 Å². The fourth-order valence-corrected chi connectivity index (χ4v) is 7.15. The molecule has 2 aromatic carbocycles. The van der Waals surface area contributed by atoms with Gasteiger partial charge in [-0.2, -0.15) is 5.21 Å². The highest BCUT2D eigenvalue weighted by Gasteiger charge is 2.43. The van der Waals surface area contributed by atoms with Crippen molar-refractivity contribution in [3.63, 3.8) is 0 Å². The molecule has 1 fully saturated rings. The van der Waals surface area contributed by atoms with Gasteiger partial charge in [0.05, 0.1) is 5.41 Å². The molecule has 37 heavy (non-hydrogen) atoms. The molecule has 0 radical (unpaired) electrons. The van der Waals surface area contributed by atoms with Crippen LogP contribution in [0.15, 0.2) is 46.9 Å². The Hall–Kier alpha value is -3.11. The molecule has 2 N–H and O–H groups in total. The molecule has 0 aliphatic heterocycles. The van der Waals surface area contributed by atoms with Gasteiger partial charge in [0, 0.05) is 44.5 Å². The lowest BCUT2D eigenvalue weighted by Gasteiger charge is -2.32. The van der Waals surface area contributed by atoms with E-state index in [1.54, 1.807) is 16.2 Å². The van der Waals surface area contributed by atoms with E-state index in [4.69, 9.17) is 0 Å². The van der Waals surface area contributed by atoms with Gasteiger partial charge in [-0.3, -0.25) is 9.59 Å². The van der Waals surface area contributed by atoms with Crippen molar-refractivity contribution in [2.45, 2.75) is 52.0 Å². The number of carboxylic acid groups (broad SMARTS) is 1. The van der Waals surface area contributed by atoms with E-state index in [0.29, 0.717) is 31.6 Å². The number of amides is 1. The van der Waals surface area contributed by atoms with Crippen LogP contribution in [0.5, 0.6) is 0 Å². The van der Waals surface area contributed by atoms with Gasteiger partial charge in [-0.15, -0.1) is 21.5 Å². The summed E-state index contributed by atoms with van der Waals surface area (Å²) in [5.74, 6) is -0.219. The highest BCUT2D eigenvalue weighted by molar-refractivity contribution is 9.10. The first-order chi connectivity index (χ1) is 17.9.